The molecule has 3 aromatic rings. The quantitative estimate of drug-likeness (QED) is 0.734. The number of nitrogens with zero attached hydrogens (tertiary/aromatic N) is 3. The number of nitrogens with one attached hydrogen (secondary N) is 1. The van der Waals surface area contributed by atoms with E-state index in [1.54, 1.807) is 12.1 Å². The van der Waals surface area contributed by atoms with Crippen LogP contribution in [0, 0.1) is 13.8 Å². The Morgan fingerprint density at radius 1 is 1.26 bits per heavy atom. The molecule has 140 valence electrons. The standard InChI is InChI=1S/C20H21ClN4O2/c1-13-5-4-6-17(14(13)2)23-19(26)12-24(3)11-16-9-20(27)25-10-15(21)7-8-18(25)22-16/h4-10H,11-12H2,1-3H3,(H,23,26). The normalized spacial score (nSPS) is 11.1. The molecule has 2 aromatic heterocycles. The maximum Gasteiger partial charge on any atom is 0.258 e. The lowest BCUT2D eigenvalue weighted by Gasteiger charge is -2.17. The molecule has 0 saturated carbocycles. The van der Waals surface area contributed by atoms with E-state index < -0.39 is 0 Å². The fourth-order valence-corrected chi connectivity index (χ4v) is 3.02. The Morgan fingerprint density at radius 2 is 2.04 bits per heavy atom. The second kappa shape index (κ2) is 7.90. The Balaban J connectivity index is 1.68. The van der Waals surface area contributed by atoms with Crippen LogP contribution in [0.5, 0.6) is 0 Å². The Morgan fingerprint density at radius 3 is 2.81 bits per heavy atom. The predicted octanol–water partition coefficient (Wildman–Crippen LogP) is 3.04. The second-order valence-corrected chi connectivity index (χ2v) is 7.07. The van der Waals surface area contributed by atoms with Crippen molar-refractivity contribution in [3.63, 3.8) is 0 Å². The molecule has 0 aliphatic rings. The van der Waals surface area contributed by atoms with E-state index in [-0.39, 0.29) is 18.0 Å². The van der Waals surface area contributed by atoms with Crippen LogP contribution in [0.3, 0.4) is 0 Å². The number of halogens is 1. The zero-order valence-electron chi connectivity index (χ0n) is 15.5. The van der Waals surface area contributed by atoms with Gasteiger partial charge in [0.1, 0.15) is 5.65 Å². The highest BCUT2D eigenvalue weighted by molar-refractivity contribution is 6.30. The zero-order chi connectivity index (χ0) is 19.6. The minimum Gasteiger partial charge on any atom is -0.325 e. The second-order valence-electron chi connectivity index (χ2n) is 6.63. The monoisotopic (exact) mass is 384 g/mol. The molecule has 0 spiro atoms. The first kappa shape index (κ1) is 19.1. The Hall–Kier alpha value is -2.70. The van der Waals surface area contributed by atoms with Gasteiger partial charge >= 0.3 is 0 Å². The van der Waals surface area contributed by atoms with Gasteiger partial charge in [0.2, 0.25) is 5.91 Å². The first-order valence-corrected chi connectivity index (χ1v) is 8.94. The first-order chi connectivity index (χ1) is 12.8. The molecule has 7 heteroatoms. The minimum atomic E-state index is -0.203. The smallest absolute Gasteiger partial charge is 0.258 e. The zero-order valence-corrected chi connectivity index (χ0v) is 16.2. The van der Waals surface area contributed by atoms with Crippen molar-refractivity contribution in [2.45, 2.75) is 20.4 Å². The van der Waals surface area contributed by atoms with Crippen molar-refractivity contribution in [1.29, 1.82) is 0 Å². The molecule has 0 aliphatic carbocycles. The highest BCUT2D eigenvalue weighted by atomic mass is 35.5. The van der Waals surface area contributed by atoms with Crippen molar-refractivity contribution in [3.8, 4) is 0 Å². The summed E-state index contributed by atoms with van der Waals surface area (Å²) in [5.74, 6) is -0.115. The number of carbonyl (C=O) groups excluding carboxylic acids is 1. The summed E-state index contributed by atoms with van der Waals surface area (Å²) in [6.45, 7) is 4.56. The lowest BCUT2D eigenvalue weighted by molar-refractivity contribution is -0.117. The van der Waals surface area contributed by atoms with Crippen molar-refractivity contribution in [2.24, 2.45) is 0 Å². The number of pyridine rings is 1. The maximum atomic E-state index is 12.3. The Bertz CT molecular complexity index is 1060. The van der Waals surface area contributed by atoms with Gasteiger partial charge in [-0.2, -0.15) is 0 Å². The third-order valence-electron chi connectivity index (χ3n) is 4.40. The number of fused-ring (bicyclic) bond motifs is 1. The van der Waals surface area contributed by atoms with Gasteiger partial charge in [0.05, 0.1) is 17.3 Å². The summed E-state index contributed by atoms with van der Waals surface area (Å²) in [7, 11) is 1.81. The molecule has 27 heavy (non-hydrogen) atoms. The number of hydrogen-bond donors (Lipinski definition) is 1. The van der Waals surface area contributed by atoms with Crippen LogP contribution in [0.4, 0.5) is 5.69 Å². The SMILES string of the molecule is Cc1cccc(NC(=O)CN(C)Cc2cc(=O)n3cc(Cl)ccc3n2)c1C. The van der Waals surface area contributed by atoms with Crippen LogP contribution in [-0.2, 0) is 11.3 Å². The minimum absolute atomic E-state index is 0.115. The van der Waals surface area contributed by atoms with E-state index in [2.05, 4.69) is 10.3 Å². The van der Waals surface area contributed by atoms with Crippen molar-refractivity contribution in [1.82, 2.24) is 14.3 Å². The van der Waals surface area contributed by atoms with Crippen LogP contribution < -0.4 is 10.9 Å². The maximum absolute atomic E-state index is 12.3. The molecule has 3 rings (SSSR count). The van der Waals surface area contributed by atoms with Crippen LogP contribution in [0.2, 0.25) is 5.02 Å². The highest BCUT2D eigenvalue weighted by Gasteiger charge is 2.11. The molecule has 0 fully saturated rings. The fraction of sp³-hybridized carbons (Fsp3) is 0.250. The number of amides is 1. The largest absolute Gasteiger partial charge is 0.325 e. The molecule has 0 atom stereocenters. The number of aryl methyl sites for hydroxylation is 1. The fourth-order valence-electron chi connectivity index (χ4n) is 2.86. The van der Waals surface area contributed by atoms with Gasteiger partial charge in [-0.25, -0.2) is 4.98 Å². The van der Waals surface area contributed by atoms with Crippen molar-refractivity contribution >= 4 is 28.8 Å². The molecule has 6 nitrogen and oxygen atoms in total. The average Bonchev–Trinajstić information content (AvgIpc) is 2.59. The molecule has 0 unspecified atom stereocenters. The van der Waals surface area contributed by atoms with E-state index in [1.165, 1.54) is 16.7 Å². The van der Waals surface area contributed by atoms with E-state index in [4.69, 9.17) is 11.6 Å². The van der Waals surface area contributed by atoms with Crippen LogP contribution in [0.25, 0.3) is 5.65 Å². The van der Waals surface area contributed by atoms with Gasteiger partial charge in [-0.15, -0.1) is 0 Å². The number of likely N-dealkylation sites (N-methyl/N-ethyl adjacent to an activating group) is 1. The molecular formula is C20H21ClN4O2. The molecule has 2 heterocycles. The summed E-state index contributed by atoms with van der Waals surface area (Å²) in [6, 6.07) is 10.7. The topological polar surface area (TPSA) is 66.7 Å². The van der Waals surface area contributed by atoms with Gasteiger partial charge in [0.25, 0.3) is 5.56 Å². The van der Waals surface area contributed by atoms with E-state index >= 15 is 0 Å². The lowest BCUT2D eigenvalue weighted by atomic mass is 10.1. The summed E-state index contributed by atoms with van der Waals surface area (Å²) in [4.78, 5) is 30.9. The van der Waals surface area contributed by atoms with Gasteiger partial charge in [-0.3, -0.25) is 18.9 Å². The molecule has 1 N–H and O–H groups in total. The molecule has 1 aromatic carbocycles. The van der Waals surface area contributed by atoms with Crippen LogP contribution >= 0.6 is 11.6 Å². The van der Waals surface area contributed by atoms with Gasteiger partial charge in [0.15, 0.2) is 0 Å². The summed E-state index contributed by atoms with van der Waals surface area (Å²) in [5.41, 5.74) is 3.91. The van der Waals surface area contributed by atoms with Crippen LogP contribution in [0.15, 0.2) is 47.4 Å². The van der Waals surface area contributed by atoms with E-state index in [0.29, 0.717) is 22.9 Å². The summed E-state index contributed by atoms with van der Waals surface area (Å²) in [5, 5.41) is 3.41. The summed E-state index contributed by atoms with van der Waals surface area (Å²) >= 11 is 5.92. The number of anilines is 1. The number of hydrogen-bond acceptors (Lipinski definition) is 4. The number of rotatable bonds is 5. The van der Waals surface area contributed by atoms with Crippen molar-refractivity contribution < 1.29 is 4.79 Å². The van der Waals surface area contributed by atoms with Gasteiger partial charge < -0.3 is 5.32 Å². The number of carbonyl (C=O) groups is 1. The number of benzene rings is 1. The van der Waals surface area contributed by atoms with Gasteiger partial charge in [0, 0.05) is 24.5 Å². The van der Waals surface area contributed by atoms with Crippen molar-refractivity contribution in [3.05, 3.63) is 74.8 Å². The van der Waals surface area contributed by atoms with E-state index in [0.717, 1.165) is 16.8 Å². The summed E-state index contributed by atoms with van der Waals surface area (Å²) in [6.07, 6.45) is 1.54. The third kappa shape index (κ3) is 4.53. The molecular weight excluding hydrogens is 364 g/mol. The Labute approximate surface area is 162 Å². The molecule has 0 bridgehead atoms. The van der Waals surface area contributed by atoms with Crippen LogP contribution in [0.1, 0.15) is 16.8 Å². The van der Waals surface area contributed by atoms with Crippen LogP contribution in [-0.4, -0.2) is 33.8 Å². The Kier molecular flexibility index (Phi) is 5.58. The van der Waals surface area contributed by atoms with Gasteiger partial charge in [-0.05, 0) is 50.2 Å². The highest BCUT2D eigenvalue weighted by Crippen LogP contribution is 2.17. The summed E-state index contributed by atoms with van der Waals surface area (Å²) < 4.78 is 1.40. The number of aromatic nitrogens is 2. The van der Waals surface area contributed by atoms with Crippen molar-refractivity contribution in [2.75, 3.05) is 18.9 Å². The predicted molar refractivity (Wildman–Crippen MR) is 107 cm³/mol. The molecule has 0 radical (unpaired) electrons. The average molecular weight is 385 g/mol. The van der Waals surface area contributed by atoms with E-state index in [9.17, 15) is 9.59 Å². The third-order valence-corrected chi connectivity index (χ3v) is 4.62. The molecule has 0 saturated heterocycles. The van der Waals surface area contributed by atoms with E-state index in [1.807, 2.05) is 44.0 Å². The lowest BCUT2D eigenvalue weighted by Crippen LogP contribution is -2.31. The van der Waals surface area contributed by atoms with Gasteiger partial charge in [-0.1, -0.05) is 23.7 Å². The molecule has 0 aliphatic heterocycles. The first-order valence-electron chi connectivity index (χ1n) is 8.56. The molecule has 1 amide bonds.